The maximum absolute atomic E-state index is 10.5. The molecule has 2 atom stereocenters. The molecule has 0 aromatic heterocycles. The molecule has 0 saturated carbocycles. The van der Waals surface area contributed by atoms with Crippen molar-refractivity contribution >= 4 is 11.3 Å². The van der Waals surface area contributed by atoms with Gasteiger partial charge in [0.05, 0.1) is 18.9 Å². The molecule has 0 spiro atoms. The van der Waals surface area contributed by atoms with Gasteiger partial charge in [0, 0.05) is 12.5 Å². The number of aliphatic hydroxyl groups is 1. The number of methoxy groups -OCH3 is 1. The first-order valence-electron chi connectivity index (χ1n) is 8.43. The summed E-state index contributed by atoms with van der Waals surface area (Å²) in [4.78, 5) is 0. The Hall–Kier alpha value is -2.26. The third kappa shape index (κ3) is 3.17. The maximum Gasteiger partial charge on any atom is 0.141 e. The van der Waals surface area contributed by atoms with Crippen molar-refractivity contribution < 1.29 is 9.84 Å². The molecular weight excluding hydrogens is 298 g/mol. The predicted molar refractivity (Wildman–Crippen MR) is 99.6 cm³/mol. The van der Waals surface area contributed by atoms with E-state index in [2.05, 4.69) is 43.4 Å². The molecule has 0 heterocycles. The number of nitrogens with one attached hydrogen (secondary N) is 1. The normalized spacial score (nSPS) is 17.6. The van der Waals surface area contributed by atoms with Gasteiger partial charge in [-0.15, -0.1) is 0 Å². The summed E-state index contributed by atoms with van der Waals surface area (Å²) in [5.41, 5.74) is 6.29. The van der Waals surface area contributed by atoms with Gasteiger partial charge in [0.15, 0.2) is 0 Å². The summed E-state index contributed by atoms with van der Waals surface area (Å²) in [5.74, 6) is 1.10. The van der Waals surface area contributed by atoms with Gasteiger partial charge in [-0.3, -0.25) is 0 Å². The number of anilines is 1. The van der Waals surface area contributed by atoms with Crippen LogP contribution in [-0.4, -0.2) is 24.9 Å². The second kappa shape index (κ2) is 7.10. The molecule has 1 aliphatic carbocycles. The molecule has 24 heavy (non-hydrogen) atoms. The fourth-order valence-electron chi connectivity index (χ4n) is 3.53. The van der Waals surface area contributed by atoms with Crippen molar-refractivity contribution in [2.24, 2.45) is 0 Å². The lowest BCUT2D eigenvalue weighted by molar-refractivity contribution is 0.172. The van der Waals surface area contributed by atoms with Crippen molar-refractivity contribution in [2.45, 2.75) is 32.3 Å². The van der Waals surface area contributed by atoms with Crippen LogP contribution in [0.4, 0.5) is 5.69 Å². The number of hydrogen-bond acceptors (Lipinski definition) is 3. The number of ether oxygens (including phenoxy) is 1. The standard InChI is InChI=1S/C21H25NO2/c1-14-15(2)19(18-9-5-4-8-17(14)18)12-16(23)13-22-20-10-6-7-11-21(20)24-3/h4-11,16,19,22-23H,12-13H2,1-3H3. The minimum absolute atomic E-state index is 0.302. The summed E-state index contributed by atoms with van der Waals surface area (Å²) in [7, 11) is 1.66. The van der Waals surface area contributed by atoms with Gasteiger partial charge in [-0.1, -0.05) is 42.0 Å². The van der Waals surface area contributed by atoms with Crippen molar-refractivity contribution in [2.75, 3.05) is 19.0 Å². The molecule has 126 valence electrons. The van der Waals surface area contributed by atoms with Crippen molar-refractivity contribution in [1.82, 2.24) is 0 Å². The first kappa shape index (κ1) is 16.6. The topological polar surface area (TPSA) is 41.5 Å². The van der Waals surface area contributed by atoms with E-state index in [1.165, 1.54) is 22.3 Å². The van der Waals surface area contributed by atoms with Gasteiger partial charge in [-0.05, 0) is 49.1 Å². The van der Waals surface area contributed by atoms with Crippen molar-refractivity contribution in [3.05, 3.63) is 65.2 Å². The Morgan fingerprint density at radius 3 is 2.58 bits per heavy atom. The van der Waals surface area contributed by atoms with Crippen LogP contribution in [0.5, 0.6) is 5.75 Å². The molecule has 0 bridgehead atoms. The molecule has 0 fully saturated rings. The largest absolute Gasteiger partial charge is 0.495 e. The summed E-state index contributed by atoms with van der Waals surface area (Å²) in [6, 6.07) is 16.3. The summed E-state index contributed by atoms with van der Waals surface area (Å²) < 4.78 is 5.34. The second-order valence-corrected chi connectivity index (χ2v) is 6.42. The van der Waals surface area contributed by atoms with E-state index < -0.39 is 6.10 Å². The molecule has 2 N–H and O–H groups in total. The van der Waals surface area contributed by atoms with E-state index in [1.807, 2.05) is 24.3 Å². The Labute approximate surface area is 144 Å². The smallest absolute Gasteiger partial charge is 0.141 e. The Morgan fingerprint density at radius 2 is 1.79 bits per heavy atom. The lowest BCUT2D eigenvalue weighted by Gasteiger charge is -2.20. The van der Waals surface area contributed by atoms with E-state index in [0.29, 0.717) is 12.5 Å². The lowest BCUT2D eigenvalue weighted by Crippen LogP contribution is -2.22. The monoisotopic (exact) mass is 323 g/mol. The zero-order valence-corrected chi connectivity index (χ0v) is 14.5. The highest BCUT2D eigenvalue weighted by atomic mass is 16.5. The quantitative estimate of drug-likeness (QED) is 0.825. The average Bonchev–Trinajstić information content (AvgIpc) is 2.85. The van der Waals surface area contributed by atoms with Crippen LogP contribution < -0.4 is 10.1 Å². The molecule has 0 saturated heterocycles. The van der Waals surface area contributed by atoms with Crippen molar-refractivity contribution in [3.63, 3.8) is 0 Å². The highest BCUT2D eigenvalue weighted by Crippen LogP contribution is 2.43. The van der Waals surface area contributed by atoms with Gasteiger partial charge < -0.3 is 15.2 Å². The zero-order chi connectivity index (χ0) is 17.1. The van der Waals surface area contributed by atoms with Crippen molar-refractivity contribution in [1.29, 1.82) is 0 Å². The predicted octanol–water partition coefficient (Wildman–Crippen LogP) is 4.45. The van der Waals surface area contributed by atoms with Crippen LogP contribution in [0.3, 0.4) is 0 Å². The number of hydrogen-bond donors (Lipinski definition) is 2. The Balaban J connectivity index is 1.66. The Morgan fingerprint density at radius 1 is 1.08 bits per heavy atom. The first-order valence-corrected chi connectivity index (χ1v) is 8.43. The van der Waals surface area contributed by atoms with Crippen LogP contribution >= 0.6 is 0 Å². The molecule has 0 amide bonds. The minimum Gasteiger partial charge on any atom is -0.495 e. The van der Waals surface area contributed by atoms with Crippen LogP contribution in [0.25, 0.3) is 5.57 Å². The fourth-order valence-corrected chi connectivity index (χ4v) is 3.53. The van der Waals surface area contributed by atoms with E-state index in [-0.39, 0.29) is 0 Å². The molecule has 2 aromatic rings. The second-order valence-electron chi connectivity index (χ2n) is 6.42. The van der Waals surface area contributed by atoms with Crippen LogP contribution in [0.15, 0.2) is 54.1 Å². The summed E-state index contributed by atoms with van der Waals surface area (Å²) >= 11 is 0. The van der Waals surface area contributed by atoms with Crippen LogP contribution in [0.1, 0.15) is 37.3 Å². The van der Waals surface area contributed by atoms with Gasteiger partial charge >= 0.3 is 0 Å². The van der Waals surface area contributed by atoms with E-state index in [9.17, 15) is 5.11 Å². The Kier molecular flexibility index (Phi) is 4.91. The number of aliphatic hydroxyl groups excluding tert-OH is 1. The fraction of sp³-hybridized carbons (Fsp3) is 0.333. The summed E-state index contributed by atoms with van der Waals surface area (Å²) in [6.07, 6.45) is 0.302. The van der Waals surface area contributed by atoms with Gasteiger partial charge in [0.1, 0.15) is 5.75 Å². The number of benzene rings is 2. The summed E-state index contributed by atoms with van der Waals surface area (Å²) in [6.45, 7) is 4.86. The molecule has 2 aromatic carbocycles. The average molecular weight is 323 g/mol. The third-order valence-electron chi connectivity index (χ3n) is 5.00. The number of para-hydroxylation sites is 2. The van der Waals surface area contributed by atoms with Gasteiger partial charge in [-0.2, -0.15) is 0 Å². The minimum atomic E-state index is -0.422. The van der Waals surface area contributed by atoms with E-state index >= 15 is 0 Å². The number of rotatable bonds is 6. The highest BCUT2D eigenvalue weighted by Gasteiger charge is 2.27. The number of allylic oxidation sites excluding steroid dienone is 2. The maximum atomic E-state index is 10.5. The molecular formula is C21H25NO2. The van der Waals surface area contributed by atoms with Gasteiger partial charge in [0.25, 0.3) is 0 Å². The number of fused-ring (bicyclic) bond motifs is 1. The third-order valence-corrected chi connectivity index (χ3v) is 5.00. The molecule has 3 rings (SSSR count). The molecule has 0 radical (unpaired) electrons. The molecule has 3 heteroatoms. The van der Waals surface area contributed by atoms with Crippen LogP contribution in [0, 0.1) is 0 Å². The van der Waals surface area contributed by atoms with Crippen molar-refractivity contribution in [3.8, 4) is 5.75 Å². The molecule has 2 unspecified atom stereocenters. The van der Waals surface area contributed by atoms with E-state index in [1.54, 1.807) is 7.11 Å². The molecule has 3 nitrogen and oxygen atoms in total. The lowest BCUT2D eigenvalue weighted by atomic mass is 9.91. The van der Waals surface area contributed by atoms with Gasteiger partial charge in [0.2, 0.25) is 0 Å². The summed E-state index contributed by atoms with van der Waals surface area (Å²) in [5, 5.41) is 13.8. The van der Waals surface area contributed by atoms with E-state index in [4.69, 9.17) is 4.74 Å². The zero-order valence-electron chi connectivity index (χ0n) is 14.5. The van der Waals surface area contributed by atoms with Gasteiger partial charge in [-0.25, -0.2) is 0 Å². The first-order chi connectivity index (χ1) is 11.6. The highest BCUT2D eigenvalue weighted by molar-refractivity contribution is 5.76. The van der Waals surface area contributed by atoms with Crippen LogP contribution in [0.2, 0.25) is 0 Å². The van der Waals surface area contributed by atoms with E-state index in [0.717, 1.165) is 17.9 Å². The Bertz CT molecular complexity index is 751. The van der Waals surface area contributed by atoms with Crippen LogP contribution in [-0.2, 0) is 0 Å². The SMILES string of the molecule is COc1ccccc1NCC(O)CC1C(C)=C(C)c2ccccc21. The molecule has 1 aliphatic rings. The molecule has 0 aliphatic heterocycles.